The summed E-state index contributed by atoms with van der Waals surface area (Å²) in [6, 6.07) is 60.0. The Balaban J connectivity index is 1.14. The summed E-state index contributed by atoms with van der Waals surface area (Å²) in [6.45, 7) is 0. The summed E-state index contributed by atoms with van der Waals surface area (Å²) < 4.78 is 7.34. The molecule has 7 aromatic carbocycles. The Labute approximate surface area is 295 Å². The fourth-order valence-corrected chi connectivity index (χ4v) is 8.73. The van der Waals surface area contributed by atoms with Crippen molar-refractivity contribution < 1.29 is 0 Å². The van der Waals surface area contributed by atoms with Crippen molar-refractivity contribution in [3.8, 4) is 28.2 Å². The standard InChI is InChI=1S/C48H33N3/c1-3-14-34(15-4-1)49-41-21-10-7-18-36(41)39-30-32(26-28-44(39)49)33-27-29-45-40(31-33)37-19-8-11-22-42(37)51(45)47-25-13-24-46-48(47)38-20-9-12-23-43(38)50(46)35-16-5-2-6-17-35/h1-9,11-20,22-31H,10,21H2. The summed E-state index contributed by atoms with van der Waals surface area (Å²) in [5, 5.41) is 6.34. The van der Waals surface area contributed by atoms with Gasteiger partial charge >= 0.3 is 0 Å². The highest BCUT2D eigenvalue weighted by Crippen LogP contribution is 2.42. The molecule has 0 atom stereocenters. The molecule has 10 aromatic rings. The van der Waals surface area contributed by atoms with E-state index in [-0.39, 0.29) is 0 Å². The molecule has 0 saturated carbocycles. The Hall–Kier alpha value is -6.58. The van der Waals surface area contributed by atoms with Gasteiger partial charge in [0.25, 0.3) is 0 Å². The van der Waals surface area contributed by atoms with Crippen LogP contribution in [0.25, 0.3) is 88.8 Å². The van der Waals surface area contributed by atoms with Gasteiger partial charge in [0.15, 0.2) is 0 Å². The maximum Gasteiger partial charge on any atom is 0.0562 e. The third kappa shape index (κ3) is 4.12. The minimum atomic E-state index is 1.05. The summed E-state index contributed by atoms with van der Waals surface area (Å²) in [6.07, 6.45) is 6.77. The fourth-order valence-electron chi connectivity index (χ4n) is 8.73. The Morgan fingerprint density at radius 1 is 0.392 bits per heavy atom. The van der Waals surface area contributed by atoms with Gasteiger partial charge in [-0.25, -0.2) is 0 Å². The second kappa shape index (κ2) is 11.0. The highest BCUT2D eigenvalue weighted by molar-refractivity contribution is 6.17. The van der Waals surface area contributed by atoms with Gasteiger partial charge < -0.3 is 13.7 Å². The molecule has 0 bridgehead atoms. The van der Waals surface area contributed by atoms with Crippen LogP contribution in [0.15, 0.2) is 170 Å². The van der Waals surface area contributed by atoms with E-state index < -0.39 is 0 Å². The minimum absolute atomic E-state index is 1.05. The molecule has 0 saturated heterocycles. The number of aromatic nitrogens is 3. The average molecular weight is 652 g/mol. The van der Waals surface area contributed by atoms with Gasteiger partial charge in [-0.3, -0.25) is 0 Å². The number of nitrogens with zero attached hydrogens (tertiary/aromatic N) is 3. The first-order valence-corrected chi connectivity index (χ1v) is 17.8. The monoisotopic (exact) mass is 651 g/mol. The topological polar surface area (TPSA) is 14.8 Å². The van der Waals surface area contributed by atoms with Crippen LogP contribution in [0.1, 0.15) is 17.7 Å². The van der Waals surface area contributed by atoms with E-state index in [1.807, 2.05) is 0 Å². The molecule has 1 aliphatic carbocycles. The average Bonchev–Trinajstić information content (AvgIpc) is 3.84. The summed E-state index contributed by atoms with van der Waals surface area (Å²) in [7, 11) is 0. The van der Waals surface area contributed by atoms with Gasteiger partial charge in [0, 0.05) is 49.6 Å². The zero-order valence-electron chi connectivity index (χ0n) is 28.0. The Kier molecular flexibility index (Phi) is 6.08. The van der Waals surface area contributed by atoms with Crippen molar-refractivity contribution in [3.05, 3.63) is 181 Å². The Bertz CT molecular complexity index is 3010. The first-order chi connectivity index (χ1) is 25.3. The van der Waals surface area contributed by atoms with Crippen LogP contribution in [0.4, 0.5) is 0 Å². The molecule has 0 spiro atoms. The first-order valence-electron chi connectivity index (χ1n) is 17.8. The number of rotatable bonds is 4. The second-order valence-electron chi connectivity index (χ2n) is 13.6. The van der Waals surface area contributed by atoms with Crippen LogP contribution in [-0.2, 0) is 6.42 Å². The largest absolute Gasteiger partial charge is 0.313 e. The maximum absolute atomic E-state index is 2.48. The summed E-state index contributed by atoms with van der Waals surface area (Å²) in [4.78, 5) is 0. The molecule has 3 heteroatoms. The lowest BCUT2D eigenvalue weighted by Crippen LogP contribution is -2.02. The van der Waals surface area contributed by atoms with Crippen molar-refractivity contribution in [3.63, 3.8) is 0 Å². The van der Waals surface area contributed by atoms with Crippen molar-refractivity contribution in [2.45, 2.75) is 12.8 Å². The zero-order chi connectivity index (χ0) is 33.5. The predicted molar refractivity (Wildman–Crippen MR) is 215 cm³/mol. The molecule has 3 nitrogen and oxygen atoms in total. The van der Waals surface area contributed by atoms with Gasteiger partial charge in [0.1, 0.15) is 0 Å². The SMILES string of the molecule is C1=Cc2c(n(-c3ccccc3)c3ccc(-c4ccc5c(c4)c4ccccc4n5-c4cccc5c4c4ccccc4n5-c4ccccc4)cc23)CC1. The molecular formula is C48H33N3. The molecule has 1 aliphatic rings. The van der Waals surface area contributed by atoms with Gasteiger partial charge in [-0.15, -0.1) is 0 Å². The van der Waals surface area contributed by atoms with Gasteiger partial charge in [0.05, 0.1) is 33.3 Å². The number of allylic oxidation sites excluding steroid dienone is 1. The maximum atomic E-state index is 2.48. The van der Waals surface area contributed by atoms with Crippen molar-refractivity contribution >= 4 is 60.6 Å². The lowest BCUT2D eigenvalue weighted by molar-refractivity contribution is 0.888. The van der Waals surface area contributed by atoms with Crippen LogP contribution in [0.3, 0.4) is 0 Å². The van der Waals surface area contributed by atoms with E-state index in [1.165, 1.54) is 94.0 Å². The van der Waals surface area contributed by atoms with Gasteiger partial charge in [0.2, 0.25) is 0 Å². The molecule has 240 valence electrons. The lowest BCUT2D eigenvalue weighted by atomic mass is 9.98. The van der Waals surface area contributed by atoms with Crippen LogP contribution >= 0.6 is 0 Å². The van der Waals surface area contributed by atoms with Crippen molar-refractivity contribution in [2.75, 3.05) is 0 Å². The van der Waals surface area contributed by atoms with Crippen LogP contribution in [0.5, 0.6) is 0 Å². The van der Waals surface area contributed by atoms with Crippen molar-refractivity contribution in [1.82, 2.24) is 13.7 Å². The van der Waals surface area contributed by atoms with E-state index in [4.69, 9.17) is 0 Å². The van der Waals surface area contributed by atoms with E-state index in [0.29, 0.717) is 0 Å². The predicted octanol–water partition coefficient (Wildman–Crippen LogP) is 12.5. The normalized spacial score (nSPS) is 12.9. The van der Waals surface area contributed by atoms with Crippen LogP contribution in [-0.4, -0.2) is 13.7 Å². The highest BCUT2D eigenvalue weighted by Gasteiger charge is 2.21. The molecule has 0 unspecified atom stereocenters. The molecular weight excluding hydrogens is 619 g/mol. The van der Waals surface area contributed by atoms with Gasteiger partial charge in [-0.2, -0.15) is 0 Å². The van der Waals surface area contributed by atoms with Gasteiger partial charge in [-0.05, 0) is 96.8 Å². The quantitative estimate of drug-likeness (QED) is 0.180. The Morgan fingerprint density at radius 2 is 0.961 bits per heavy atom. The highest BCUT2D eigenvalue weighted by atomic mass is 15.0. The molecule has 51 heavy (non-hydrogen) atoms. The van der Waals surface area contributed by atoms with E-state index in [9.17, 15) is 0 Å². The molecule has 0 aliphatic heterocycles. The van der Waals surface area contributed by atoms with Gasteiger partial charge in [-0.1, -0.05) is 103 Å². The Morgan fingerprint density at radius 3 is 1.71 bits per heavy atom. The lowest BCUT2D eigenvalue weighted by Gasteiger charge is -2.13. The van der Waals surface area contributed by atoms with E-state index in [1.54, 1.807) is 0 Å². The molecule has 0 N–H and O–H groups in total. The van der Waals surface area contributed by atoms with E-state index >= 15 is 0 Å². The second-order valence-corrected chi connectivity index (χ2v) is 13.6. The zero-order valence-corrected chi connectivity index (χ0v) is 28.0. The first kappa shape index (κ1) is 28.3. The van der Waals surface area contributed by atoms with E-state index in [0.717, 1.165) is 12.8 Å². The molecule has 0 radical (unpaired) electrons. The number of para-hydroxylation sites is 4. The van der Waals surface area contributed by atoms with Crippen LogP contribution < -0.4 is 0 Å². The number of benzene rings is 7. The number of hydrogen-bond donors (Lipinski definition) is 0. The summed E-state index contributed by atoms with van der Waals surface area (Å²) >= 11 is 0. The summed E-state index contributed by atoms with van der Waals surface area (Å²) in [5.74, 6) is 0. The van der Waals surface area contributed by atoms with Crippen LogP contribution in [0.2, 0.25) is 0 Å². The molecule has 0 amide bonds. The minimum Gasteiger partial charge on any atom is -0.313 e. The molecule has 3 heterocycles. The molecule has 0 fully saturated rings. The fraction of sp³-hybridized carbons (Fsp3) is 0.0417. The number of hydrogen-bond acceptors (Lipinski definition) is 0. The molecule has 3 aromatic heterocycles. The smallest absolute Gasteiger partial charge is 0.0562 e. The third-order valence-corrected chi connectivity index (χ3v) is 10.9. The van der Waals surface area contributed by atoms with Crippen LogP contribution in [0, 0.1) is 0 Å². The summed E-state index contributed by atoms with van der Waals surface area (Å²) in [5.41, 5.74) is 14.9. The number of fused-ring (bicyclic) bond motifs is 9. The third-order valence-electron chi connectivity index (χ3n) is 10.9. The van der Waals surface area contributed by atoms with Crippen molar-refractivity contribution in [1.29, 1.82) is 0 Å². The van der Waals surface area contributed by atoms with E-state index in [2.05, 4.69) is 190 Å². The van der Waals surface area contributed by atoms with Crippen molar-refractivity contribution in [2.24, 2.45) is 0 Å². The molecule has 11 rings (SSSR count).